The minimum Gasteiger partial charge on any atom is -0.398 e. The molecule has 0 heterocycles. The number of nitrogens with two attached hydrogens (primary N) is 1. The SMILES string of the molecule is Cc1cc(C)c(C(=O)NC2CCCCC2C)cc1N. The normalized spacial score (nSPS) is 23.1. The molecule has 1 aliphatic rings. The van der Waals surface area contributed by atoms with E-state index in [-0.39, 0.29) is 5.91 Å². The van der Waals surface area contributed by atoms with Crippen LogP contribution in [-0.2, 0) is 0 Å². The smallest absolute Gasteiger partial charge is 0.251 e. The summed E-state index contributed by atoms with van der Waals surface area (Å²) in [5.41, 5.74) is 9.33. The van der Waals surface area contributed by atoms with E-state index < -0.39 is 0 Å². The van der Waals surface area contributed by atoms with Crippen molar-refractivity contribution in [3.05, 3.63) is 28.8 Å². The van der Waals surface area contributed by atoms with Crippen molar-refractivity contribution in [1.29, 1.82) is 0 Å². The van der Waals surface area contributed by atoms with E-state index in [0.29, 0.717) is 23.2 Å². The molecule has 0 aliphatic heterocycles. The standard InChI is InChI=1S/C16H24N2O/c1-10-6-4-5-7-15(10)18-16(19)13-9-14(17)12(3)8-11(13)2/h8-10,15H,4-7,17H2,1-3H3,(H,18,19). The highest BCUT2D eigenvalue weighted by Crippen LogP contribution is 2.25. The molecule has 0 saturated heterocycles. The third kappa shape index (κ3) is 3.09. The molecule has 2 unspecified atom stereocenters. The molecule has 3 N–H and O–H groups in total. The number of hydrogen-bond acceptors (Lipinski definition) is 2. The summed E-state index contributed by atoms with van der Waals surface area (Å²) >= 11 is 0. The molecule has 2 rings (SSSR count). The Kier molecular flexibility index (Phi) is 4.13. The number of hydrogen-bond donors (Lipinski definition) is 2. The van der Waals surface area contributed by atoms with Gasteiger partial charge in [0.25, 0.3) is 5.91 Å². The summed E-state index contributed by atoms with van der Waals surface area (Å²) in [5.74, 6) is 0.587. The molecule has 1 aromatic carbocycles. The summed E-state index contributed by atoms with van der Waals surface area (Å²) in [6.45, 7) is 6.15. The number of nitrogens with one attached hydrogen (secondary N) is 1. The second-order valence-electron chi connectivity index (χ2n) is 5.87. The number of carbonyl (C=O) groups excluding carboxylic acids is 1. The number of rotatable bonds is 2. The third-order valence-corrected chi connectivity index (χ3v) is 4.29. The first kappa shape index (κ1) is 13.9. The van der Waals surface area contributed by atoms with E-state index in [2.05, 4.69) is 12.2 Å². The molecule has 19 heavy (non-hydrogen) atoms. The van der Waals surface area contributed by atoms with Crippen molar-refractivity contribution in [1.82, 2.24) is 5.32 Å². The van der Waals surface area contributed by atoms with E-state index in [1.54, 1.807) is 6.07 Å². The minimum absolute atomic E-state index is 0.0166. The van der Waals surface area contributed by atoms with Gasteiger partial charge in [0.05, 0.1) is 0 Å². The first-order valence-electron chi connectivity index (χ1n) is 7.16. The molecule has 0 radical (unpaired) electrons. The van der Waals surface area contributed by atoms with Gasteiger partial charge < -0.3 is 11.1 Å². The monoisotopic (exact) mass is 260 g/mol. The van der Waals surface area contributed by atoms with Crippen molar-refractivity contribution in [2.75, 3.05) is 5.73 Å². The Bertz CT molecular complexity index is 482. The maximum atomic E-state index is 12.4. The quantitative estimate of drug-likeness (QED) is 0.802. The molecule has 3 nitrogen and oxygen atoms in total. The fourth-order valence-electron chi connectivity index (χ4n) is 2.89. The Morgan fingerprint density at radius 3 is 2.58 bits per heavy atom. The van der Waals surface area contributed by atoms with Gasteiger partial charge in [-0.25, -0.2) is 0 Å². The topological polar surface area (TPSA) is 55.1 Å². The van der Waals surface area contributed by atoms with E-state index in [0.717, 1.165) is 17.5 Å². The predicted molar refractivity (Wildman–Crippen MR) is 79.2 cm³/mol. The summed E-state index contributed by atoms with van der Waals surface area (Å²) < 4.78 is 0. The fraction of sp³-hybridized carbons (Fsp3) is 0.562. The molecule has 2 atom stereocenters. The average molecular weight is 260 g/mol. The summed E-state index contributed by atoms with van der Waals surface area (Å²) in [4.78, 5) is 12.4. The summed E-state index contributed by atoms with van der Waals surface area (Å²) in [6, 6.07) is 4.09. The van der Waals surface area contributed by atoms with E-state index in [1.165, 1.54) is 19.3 Å². The van der Waals surface area contributed by atoms with Crippen LogP contribution in [0.4, 0.5) is 5.69 Å². The molecule has 104 valence electrons. The molecule has 3 heteroatoms. The van der Waals surface area contributed by atoms with Crippen LogP contribution >= 0.6 is 0 Å². The van der Waals surface area contributed by atoms with Crippen molar-refractivity contribution in [2.45, 2.75) is 52.5 Å². The third-order valence-electron chi connectivity index (χ3n) is 4.29. The van der Waals surface area contributed by atoms with E-state index in [1.807, 2.05) is 19.9 Å². The lowest BCUT2D eigenvalue weighted by Gasteiger charge is -2.29. The van der Waals surface area contributed by atoms with E-state index in [9.17, 15) is 4.79 Å². The van der Waals surface area contributed by atoms with Gasteiger partial charge in [-0.15, -0.1) is 0 Å². The molecular formula is C16H24N2O. The Morgan fingerprint density at radius 2 is 1.89 bits per heavy atom. The van der Waals surface area contributed by atoms with Crippen LogP contribution in [0.2, 0.25) is 0 Å². The maximum Gasteiger partial charge on any atom is 0.251 e. The molecule has 0 aromatic heterocycles. The maximum absolute atomic E-state index is 12.4. The fourth-order valence-corrected chi connectivity index (χ4v) is 2.89. The summed E-state index contributed by atoms with van der Waals surface area (Å²) in [6.07, 6.45) is 4.79. The van der Waals surface area contributed by atoms with Crippen molar-refractivity contribution < 1.29 is 4.79 Å². The second kappa shape index (κ2) is 5.64. The van der Waals surface area contributed by atoms with Crippen molar-refractivity contribution in [3.63, 3.8) is 0 Å². The highest BCUT2D eigenvalue weighted by atomic mass is 16.1. The molecule has 1 aromatic rings. The zero-order valence-corrected chi connectivity index (χ0v) is 12.1. The van der Waals surface area contributed by atoms with E-state index in [4.69, 9.17) is 5.73 Å². The zero-order chi connectivity index (χ0) is 14.0. The van der Waals surface area contributed by atoms with Gasteiger partial charge in [0.15, 0.2) is 0 Å². The van der Waals surface area contributed by atoms with Gasteiger partial charge in [0.2, 0.25) is 0 Å². The van der Waals surface area contributed by atoms with Crippen LogP contribution < -0.4 is 11.1 Å². The first-order chi connectivity index (χ1) is 8.99. The number of anilines is 1. The van der Waals surface area contributed by atoms with Crippen molar-refractivity contribution in [3.8, 4) is 0 Å². The van der Waals surface area contributed by atoms with Gasteiger partial charge in [0, 0.05) is 17.3 Å². The molecule has 0 spiro atoms. The molecule has 1 aliphatic carbocycles. The van der Waals surface area contributed by atoms with Gasteiger partial charge in [0.1, 0.15) is 0 Å². The van der Waals surface area contributed by atoms with E-state index >= 15 is 0 Å². The minimum atomic E-state index is 0.0166. The zero-order valence-electron chi connectivity index (χ0n) is 12.1. The lowest BCUT2D eigenvalue weighted by atomic mass is 9.85. The lowest BCUT2D eigenvalue weighted by Crippen LogP contribution is -2.41. The van der Waals surface area contributed by atoms with Gasteiger partial charge in [-0.1, -0.05) is 25.8 Å². The number of amides is 1. The Labute approximate surface area is 115 Å². The molecule has 1 amide bonds. The van der Waals surface area contributed by atoms with Crippen LogP contribution in [0, 0.1) is 19.8 Å². The Balaban J connectivity index is 2.13. The molecule has 1 fully saturated rings. The van der Waals surface area contributed by atoms with Crippen molar-refractivity contribution >= 4 is 11.6 Å². The highest BCUT2D eigenvalue weighted by Gasteiger charge is 2.23. The van der Waals surface area contributed by atoms with Gasteiger partial charge >= 0.3 is 0 Å². The average Bonchev–Trinajstić information content (AvgIpc) is 2.36. The van der Waals surface area contributed by atoms with Crippen LogP contribution in [0.1, 0.15) is 54.1 Å². The highest BCUT2D eigenvalue weighted by molar-refractivity contribution is 5.96. The second-order valence-corrected chi connectivity index (χ2v) is 5.87. The predicted octanol–water partition coefficient (Wildman–Crippen LogP) is 3.19. The van der Waals surface area contributed by atoms with Gasteiger partial charge in [-0.05, 0) is 49.8 Å². The van der Waals surface area contributed by atoms with Crippen LogP contribution in [0.25, 0.3) is 0 Å². The first-order valence-corrected chi connectivity index (χ1v) is 7.16. The lowest BCUT2D eigenvalue weighted by molar-refractivity contribution is 0.0909. The molecular weight excluding hydrogens is 236 g/mol. The Morgan fingerprint density at radius 1 is 1.21 bits per heavy atom. The number of nitrogen functional groups attached to an aromatic ring is 1. The molecule has 1 saturated carbocycles. The van der Waals surface area contributed by atoms with Crippen LogP contribution in [-0.4, -0.2) is 11.9 Å². The number of benzene rings is 1. The summed E-state index contributed by atoms with van der Waals surface area (Å²) in [5, 5.41) is 3.18. The summed E-state index contributed by atoms with van der Waals surface area (Å²) in [7, 11) is 0. The van der Waals surface area contributed by atoms with Crippen LogP contribution in [0.5, 0.6) is 0 Å². The van der Waals surface area contributed by atoms with Crippen LogP contribution in [0.3, 0.4) is 0 Å². The van der Waals surface area contributed by atoms with Crippen LogP contribution in [0.15, 0.2) is 12.1 Å². The molecule has 0 bridgehead atoms. The van der Waals surface area contributed by atoms with Crippen molar-refractivity contribution in [2.24, 2.45) is 5.92 Å². The number of carbonyl (C=O) groups is 1. The Hall–Kier alpha value is -1.51. The largest absolute Gasteiger partial charge is 0.398 e. The number of aryl methyl sites for hydroxylation is 2. The van der Waals surface area contributed by atoms with Gasteiger partial charge in [-0.3, -0.25) is 4.79 Å². The van der Waals surface area contributed by atoms with Gasteiger partial charge in [-0.2, -0.15) is 0 Å².